The third-order valence-electron chi connectivity index (χ3n) is 5.24. The fraction of sp³-hybridized carbons (Fsp3) is 0.500. The van der Waals surface area contributed by atoms with Crippen LogP contribution in [0.15, 0.2) is 24.3 Å². The van der Waals surface area contributed by atoms with Gasteiger partial charge < -0.3 is 4.98 Å². The third kappa shape index (κ3) is 1.15. The maximum Gasteiger partial charge on any atom is 0.0459 e. The minimum Gasteiger partial charge on any atom is -0.358 e. The molecule has 88 valence electrons. The van der Waals surface area contributed by atoms with Gasteiger partial charge in [0.1, 0.15) is 0 Å². The summed E-state index contributed by atoms with van der Waals surface area (Å²) >= 11 is 0. The monoisotopic (exact) mass is 225 g/mol. The maximum atomic E-state index is 3.72. The molecular weight excluding hydrogens is 206 g/mol. The fourth-order valence-electron chi connectivity index (χ4n) is 4.21. The number of rotatable bonds is 0. The van der Waals surface area contributed by atoms with Crippen LogP contribution in [-0.4, -0.2) is 4.98 Å². The van der Waals surface area contributed by atoms with Crippen LogP contribution in [0.1, 0.15) is 43.9 Å². The van der Waals surface area contributed by atoms with Crippen LogP contribution in [0.25, 0.3) is 10.9 Å². The molecule has 0 saturated heterocycles. The van der Waals surface area contributed by atoms with Gasteiger partial charge in [0.25, 0.3) is 0 Å². The SMILES string of the molecule is C[C@@]12CCCC[C@H]1Cc1c2[nH]c2ccccc12. The number of hydrogen-bond donors (Lipinski definition) is 1. The highest BCUT2D eigenvalue weighted by Crippen LogP contribution is 2.52. The Morgan fingerprint density at radius 2 is 2.12 bits per heavy atom. The molecule has 17 heavy (non-hydrogen) atoms. The van der Waals surface area contributed by atoms with E-state index in [0.717, 1.165) is 5.92 Å². The summed E-state index contributed by atoms with van der Waals surface area (Å²) < 4.78 is 0. The van der Waals surface area contributed by atoms with E-state index in [1.54, 1.807) is 11.3 Å². The van der Waals surface area contributed by atoms with Crippen LogP contribution in [-0.2, 0) is 11.8 Å². The highest BCUT2D eigenvalue weighted by atomic mass is 14.8. The number of hydrogen-bond acceptors (Lipinski definition) is 0. The summed E-state index contributed by atoms with van der Waals surface area (Å²) in [5.74, 6) is 0.891. The van der Waals surface area contributed by atoms with Gasteiger partial charge in [-0.2, -0.15) is 0 Å². The van der Waals surface area contributed by atoms with E-state index in [-0.39, 0.29) is 0 Å². The van der Waals surface area contributed by atoms with Gasteiger partial charge in [-0.3, -0.25) is 0 Å². The Bertz CT molecular complexity index is 580. The maximum absolute atomic E-state index is 3.72. The van der Waals surface area contributed by atoms with Gasteiger partial charge in [0.2, 0.25) is 0 Å². The molecule has 1 aromatic carbocycles. The molecule has 1 aromatic heterocycles. The quantitative estimate of drug-likeness (QED) is 0.692. The van der Waals surface area contributed by atoms with Gasteiger partial charge in [-0.1, -0.05) is 38.0 Å². The topological polar surface area (TPSA) is 15.8 Å². The molecule has 0 unspecified atom stereocenters. The lowest BCUT2D eigenvalue weighted by molar-refractivity contribution is 0.221. The molecule has 1 heteroatoms. The minimum absolute atomic E-state index is 0.437. The van der Waals surface area contributed by atoms with E-state index in [4.69, 9.17) is 0 Å². The van der Waals surface area contributed by atoms with Crippen molar-refractivity contribution < 1.29 is 0 Å². The molecule has 1 saturated carbocycles. The average molecular weight is 225 g/mol. The molecule has 2 atom stereocenters. The first-order valence-corrected chi connectivity index (χ1v) is 6.89. The highest BCUT2D eigenvalue weighted by Gasteiger charge is 2.45. The standard InChI is InChI=1S/C16H19N/c1-16-9-5-4-6-11(16)10-13-12-7-2-3-8-14(12)17-15(13)16/h2-3,7-8,11,17H,4-6,9-10H2,1H3/t11-,16+/m0/s1. The van der Waals surface area contributed by atoms with Gasteiger partial charge in [-0.05, 0) is 36.8 Å². The van der Waals surface area contributed by atoms with Crippen LogP contribution in [0.3, 0.4) is 0 Å². The molecule has 2 aliphatic carbocycles. The number of H-pyrrole nitrogens is 1. The number of aromatic amines is 1. The molecule has 0 radical (unpaired) electrons. The molecule has 0 spiro atoms. The normalized spacial score (nSPS) is 31.5. The largest absolute Gasteiger partial charge is 0.358 e. The Balaban J connectivity index is 1.97. The van der Waals surface area contributed by atoms with Crippen molar-refractivity contribution in [2.75, 3.05) is 0 Å². The summed E-state index contributed by atoms with van der Waals surface area (Å²) in [5.41, 5.74) is 4.95. The molecular formula is C16H19N. The molecule has 1 N–H and O–H groups in total. The van der Waals surface area contributed by atoms with E-state index >= 15 is 0 Å². The van der Waals surface area contributed by atoms with Crippen molar-refractivity contribution in [2.24, 2.45) is 5.92 Å². The van der Waals surface area contributed by atoms with Gasteiger partial charge in [0.15, 0.2) is 0 Å². The van der Waals surface area contributed by atoms with Crippen LogP contribution in [0.5, 0.6) is 0 Å². The Morgan fingerprint density at radius 1 is 1.24 bits per heavy atom. The van der Waals surface area contributed by atoms with Crippen molar-refractivity contribution in [3.05, 3.63) is 35.5 Å². The minimum atomic E-state index is 0.437. The van der Waals surface area contributed by atoms with Gasteiger partial charge in [-0.25, -0.2) is 0 Å². The Morgan fingerprint density at radius 3 is 3.06 bits per heavy atom. The molecule has 1 nitrogen and oxygen atoms in total. The van der Waals surface area contributed by atoms with E-state index in [1.807, 2.05) is 0 Å². The molecule has 4 rings (SSSR count). The van der Waals surface area contributed by atoms with Crippen molar-refractivity contribution >= 4 is 10.9 Å². The summed E-state index contributed by atoms with van der Waals surface area (Å²) in [7, 11) is 0. The van der Waals surface area contributed by atoms with Gasteiger partial charge in [0.05, 0.1) is 0 Å². The van der Waals surface area contributed by atoms with Crippen molar-refractivity contribution in [1.29, 1.82) is 0 Å². The predicted molar refractivity (Wildman–Crippen MR) is 71.3 cm³/mol. The first kappa shape index (κ1) is 9.76. The van der Waals surface area contributed by atoms with Crippen molar-refractivity contribution in [2.45, 2.75) is 44.4 Å². The average Bonchev–Trinajstić information content (AvgIpc) is 2.84. The molecule has 0 aliphatic heterocycles. The van der Waals surface area contributed by atoms with Gasteiger partial charge >= 0.3 is 0 Å². The number of benzene rings is 1. The van der Waals surface area contributed by atoms with Crippen LogP contribution in [0, 0.1) is 5.92 Å². The van der Waals surface area contributed by atoms with Crippen molar-refractivity contribution in [3.63, 3.8) is 0 Å². The first-order valence-electron chi connectivity index (χ1n) is 6.89. The third-order valence-corrected chi connectivity index (χ3v) is 5.24. The van der Waals surface area contributed by atoms with Crippen LogP contribution < -0.4 is 0 Å². The van der Waals surface area contributed by atoms with Crippen molar-refractivity contribution in [1.82, 2.24) is 4.98 Å². The lowest BCUT2D eigenvalue weighted by Crippen LogP contribution is -2.31. The second kappa shape index (κ2) is 3.16. The summed E-state index contributed by atoms with van der Waals surface area (Å²) in [5, 5.41) is 1.47. The van der Waals surface area contributed by atoms with Gasteiger partial charge in [-0.15, -0.1) is 0 Å². The zero-order valence-corrected chi connectivity index (χ0v) is 10.4. The summed E-state index contributed by atoms with van der Waals surface area (Å²) in [6, 6.07) is 8.80. The highest BCUT2D eigenvalue weighted by molar-refractivity contribution is 5.86. The molecule has 0 bridgehead atoms. The van der Waals surface area contributed by atoms with E-state index < -0.39 is 0 Å². The predicted octanol–water partition coefficient (Wildman–Crippen LogP) is 4.17. The van der Waals surface area contributed by atoms with Crippen LogP contribution in [0.4, 0.5) is 0 Å². The van der Waals surface area contributed by atoms with E-state index in [9.17, 15) is 0 Å². The van der Waals surface area contributed by atoms with E-state index in [2.05, 4.69) is 36.2 Å². The Kier molecular flexibility index (Phi) is 1.81. The van der Waals surface area contributed by atoms with Gasteiger partial charge in [0, 0.05) is 22.0 Å². The molecule has 1 heterocycles. The molecule has 2 aromatic rings. The second-order valence-electron chi connectivity index (χ2n) is 6.09. The summed E-state index contributed by atoms with van der Waals surface area (Å²) in [6.45, 7) is 2.48. The molecule has 0 amide bonds. The zero-order valence-electron chi connectivity index (χ0n) is 10.4. The summed E-state index contributed by atoms with van der Waals surface area (Å²) in [6.07, 6.45) is 6.94. The van der Waals surface area contributed by atoms with Crippen LogP contribution in [0.2, 0.25) is 0 Å². The smallest absolute Gasteiger partial charge is 0.0459 e. The van der Waals surface area contributed by atoms with E-state index in [1.165, 1.54) is 43.0 Å². The number of fused-ring (bicyclic) bond motifs is 5. The molecule has 2 aliphatic rings. The lowest BCUT2D eigenvalue weighted by Gasteiger charge is -2.36. The summed E-state index contributed by atoms with van der Waals surface area (Å²) in [4.78, 5) is 3.72. The van der Waals surface area contributed by atoms with Crippen LogP contribution >= 0.6 is 0 Å². The first-order chi connectivity index (χ1) is 8.29. The number of aromatic nitrogens is 1. The number of nitrogens with one attached hydrogen (secondary N) is 1. The Hall–Kier alpha value is -1.24. The second-order valence-corrected chi connectivity index (χ2v) is 6.09. The Labute approximate surface area is 102 Å². The lowest BCUT2D eigenvalue weighted by atomic mass is 9.69. The van der Waals surface area contributed by atoms with E-state index in [0.29, 0.717) is 5.41 Å². The zero-order chi connectivity index (χ0) is 11.5. The number of para-hydroxylation sites is 1. The van der Waals surface area contributed by atoms with Crippen molar-refractivity contribution in [3.8, 4) is 0 Å². The fourth-order valence-corrected chi connectivity index (χ4v) is 4.21. The molecule has 1 fully saturated rings.